The average Bonchev–Trinajstić information content (AvgIpc) is 2.65. The van der Waals surface area contributed by atoms with Gasteiger partial charge >= 0.3 is 0 Å². The number of hydrogen-bond donors (Lipinski definition) is 2. The second kappa shape index (κ2) is 4.07. The predicted molar refractivity (Wildman–Crippen MR) is 60.1 cm³/mol. The zero-order valence-electron chi connectivity index (χ0n) is 9.81. The fraction of sp³-hybridized carbons (Fsp3) is 0.727. The van der Waals surface area contributed by atoms with Crippen LogP contribution in [0.2, 0.25) is 0 Å². The molecule has 0 unspecified atom stereocenters. The molecule has 1 saturated carbocycles. The highest BCUT2D eigenvalue weighted by atomic mass is 16.5. The summed E-state index contributed by atoms with van der Waals surface area (Å²) in [6.45, 7) is 0. The van der Waals surface area contributed by atoms with Crippen molar-refractivity contribution in [2.75, 3.05) is 7.11 Å². The molecule has 5 heteroatoms. The summed E-state index contributed by atoms with van der Waals surface area (Å²) in [5.74, 6) is 0.653. The standard InChI is InChI=1S/C11H19N3O2/c1-14-10(9(16-2)7-13-14)11(15)5-3-8(12)4-6-11/h7-8,15H,3-6,12H2,1-2H3. The van der Waals surface area contributed by atoms with Gasteiger partial charge in [0, 0.05) is 13.1 Å². The largest absolute Gasteiger partial charge is 0.493 e. The van der Waals surface area contributed by atoms with Crippen LogP contribution in [0.4, 0.5) is 0 Å². The molecule has 1 aliphatic carbocycles. The summed E-state index contributed by atoms with van der Waals surface area (Å²) < 4.78 is 6.93. The normalized spacial score (nSPS) is 30.4. The highest BCUT2D eigenvalue weighted by molar-refractivity contribution is 5.31. The van der Waals surface area contributed by atoms with Crippen molar-refractivity contribution in [2.24, 2.45) is 12.8 Å². The van der Waals surface area contributed by atoms with Crippen LogP contribution >= 0.6 is 0 Å². The van der Waals surface area contributed by atoms with E-state index in [2.05, 4.69) is 5.10 Å². The van der Waals surface area contributed by atoms with E-state index in [9.17, 15) is 5.11 Å². The van der Waals surface area contributed by atoms with Crippen LogP contribution in [-0.4, -0.2) is 28.0 Å². The summed E-state index contributed by atoms with van der Waals surface area (Å²) in [4.78, 5) is 0. The lowest BCUT2D eigenvalue weighted by atomic mass is 9.80. The average molecular weight is 225 g/mol. The Hall–Kier alpha value is -1.07. The Morgan fingerprint density at radius 3 is 2.75 bits per heavy atom. The van der Waals surface area contributed by atoms with E-state index < -0.39 is 5.60 Å². The van der Waals surface area contributed by atoms with Gasteiger partial charge in [-0.25, -0.2) is 0 Å². The van der Waals surface area contributed by atoms with Gasteiger partial charge in [-0.05, 0) is 25.7 Å². The smallest absolute Gasteiger partial charge is 0.162 e. The number of aromatic nitrogens is 2. The van der Waals surface area contributed by atoms with Gasteiger partial charge in [-0.1, -0.05) is 0 Å². The molecule has 1 aliphatic rings. The maximum absolute atomic E-state index is 10.6. The molecule has 0 bridgehead atoms. The topological polar surface area (TPSA) is 73.3 Å². The molecule has 16 heavy (non-hydrogen) atoms. The number of hydrogen-bond acceptors (Lipinski definition) is 4. The summed E-state index contributed by atoms with van der Waals surface area (Å²) in [6.07, 6.45) is 4.66. The van der Waals surface area contributed by atoms with E-state index in [4.69, 9.17) is 10.5 Å². The van der Waals surface area contributed by atoms with Crippen molar-refractivity contribution in [2.45, 2.75) is 37.3 Å². The van der Waals surface area contributed by atoms with Crippen molar-refractivity contribution < 1.29 is 9.84 Å². The number of methoxy groups -OCH3 is 1. The molecule has 1 aromatic rings. The predicted octanol–water partition coefficient (Wildman–Crippen LogP) is 0.518. The summed E-state index contributed by atoms with van der Waals surface area (Å²) >= 11 is 0. The maximum atomic E-state index is 10.6. The monoisotopic (exact) mass is 225 g/mol. The van der Waals surface area contributed by atoms with E-state index in [1.54, 1.807) is 18.0 Å². The van der Waals surface area contributed by atoms with Gasteiger partial charge in [0.2, 0.25) is 0 Å². The minimum atomic E-state index is -0.841. The molecular formula is C11H19N3O2. The van der Waals surface area contributed by atoms with E-state index in [1.165, 1.54) is 0 Å². The van der Waals surface area contributed by atoms with Crippen LogP contribution in [0.5, 0.6) is 5.75 Å². The van der Waals surface area contributed by atoms with E-state index in [-0.39, 0.29) is 6.04 Å². The SMILES string of the molecule is COc1cnn(C)c1C1(O)CCC(N)CC1. The molecule has 1 heterocycles. The number of ether oxygens (including phenoxy) is 1. The zero-order chi connectivity index (χ0) is 11.8. The van der Waals surface area contributed by atoms with Gasteiger partial charge in [0.25, 0.3) is 0 Å². The minimum Gasteiger partial charge on any atom is -0.493 e. The summed E-state index contributed by atoms with van der Waals surface area (Å²) in [5, 5.41) is 14.8. The Morgan fingerprint density at radius 1 is 1.56 bits per heavy atom. The van der Waals surface area contributed by atoms with Gasteiger partial charge in [-0.2, -0.15) is 5.10 Å². The first-order valence-electron chi connectivity index (χ1n) is 5.61. The highest BCUT2D eigenvalue weighted by Gasteiger charge is 2.38. The van der Waals surface area contributed by atoms with E-state index in [1.807, 2.05) is 7.05 Å². The molecule has 0 aromatic carbocycles. The summed E-state index contributed by atoms with van der Waals surface area (Å²) in [5.41, 5.74) is 5.78. The first-order chi connectivity index (χ1) is 7.57. The Balaban J connectivity index is 2.31. The number of nitrogens with two attached hydrogens (primary N) is 1. The van der Waals surface area contributed by atoms with Crippen LogP contribution in [-0.2, 0) is 12.6 Å². The lowest BCUT2D eigenvalue weighted by Crippen LogP contribution is -2.38. The second-order valence-electron chi connectivity index (χ2n) is 4.55. The summed E-state index contributed by atoms with van der Waals surface area (Å²) in [7, 11) is 3.42. The van der Waals surface area contributed by atoms with Gasteiger partial charge < -0.3 is 15.6 Å². The molecule has 3 N–H and O–H groups in total. The lowest BCUT2D eigenvalue weighted by molar-refractivity contribution is -0.0140. The molecule has 0 amide bonds. The molecule has 0 atom stereocenters. The Labute approximate surface area is 95.2 Å². The Bertz CT molecular complexity index is 367. The summed E-state index contributed by atoms with van der Waals surface area (Å²) in [6, 6.07) is 0.208. The number of aliphatic hydroxyl groups is 1. The third kappa shape index (κ3) is 1.81. The number of nitrogens with zero attached hydrogens (tertiary/aromatic N) is 2. The fourth-order valence-corrected chi connectivity index (χ4v) is 2.45. The van der Waals surface area contributed by atoms with Gasteiger partial charge in [0.15, 0.2) is 5.75 Å². The Kier molecular flexibility index (Phi) is 2.90. The molecule has 0 aliphatic heterocycles. The first-order valence-corrected chi connectivity index (χ1v) is 5.61. The Morgan fingerprint density at radius 2 is 2.19 bits per heavy atom. The highest BCUT2D eigenvalue weighted by Crippen LogP contribution is 2.40. The quantitative estimate of drug-likeness (QED) is 0.769. The molecule has 90 valence electrons. The minimum absolute atomic E-state index is 0.208. The van der Waals surface area contributed by atoms with Gasteiger partial charge in [-0.15, -0.1) is 0 Å². The van der Waals surface area contributed by atoms with Crippen LogP contribution in [0.25, 0.3) is 0 Å². The van der Waals surface area contributed by atoms with E-state index >= 15 is 0 Å². The van der Waals surface area contributed by atoms with Crippen molar-refractivity contribution in [1.29, 1.82) is 0 Å². The van der Waals surface area contributed by atoms with Crippen molar-refractivity contribution in [1.82, 2.24) is 9.78 Å². The van der Waals surface area contributed by atoms with Crippen molar-refractivity contribution in [3.8, 4) is 5.75 Å². The molecule has 1 fully saturated rings. The molecule has 5 nitrogen and oxygen atoms in total. The van der Waals surface area contributed by atoms with Gasteiger partial charge in [0.05, 0.1) is 13.3 Å². The third-order valence-electron chi connectivity index (χ3n) is 3.42. The van der Waals surface area contributed by atoms with Gasteiger partial charge in [0.1, 0.15) is 11.3 Å². The van der Waals surface area contributed by atoms with Crippen molar-refractivity contribution in [3.63, 3.8) is 0 Å². The number of aryl methyl sites for hydroxylation is 1. The molecule has 1 aromatic heterocycles. The third-order valence-corrected chi connectivity index (χ3v) is 3.42. The zero-order valence-corrected chi connectivity index (χ0v) is 9.81. The molecule has 0 saturated heterocycles. The second-order valence-corrected chi connectivity index (χ2v) is 4.55. The van der Waals surface area contributed by atoms with Crippen molar-refractivity contribution >= 4 is 0 Å². The molecule has 0 radical (unpaired) electrons. The fourth-order valence-electron chi connectivity index (χ4n) is 2.45. The number of rotatable bonds is 2. The van der Waals surface area contributed by atoms with Crippen LogP contribution < -0.4 is 10.5 Å². The molecule has 2 rings (SSSR count). The maximum Gasteiger partial charge on any atom is 0.162 e. The van der Waals surface area contributed by atoms with E-state index in [0.29, 0.717) is 18.6 Å². The van der Waals surface area contributed by atoms with Crippen LogP contribution in [0.15, 0.2) is 6.20 Å². The van der Waals surface area contributed by atoms with E-state index in [0.717, 1.165) is 18.5 Å². The lowest BCUT2D eigenvalue weighted by Gasteiger charge is -2.35. The first kappa shape index (κ1) is 11.4. The van der Waals surface area contributed by atoms with Crippen molar-refractivity contribution in [3.05, 3.63) is 11.9 Å². The molecule has 0 spiro atoms. The van der Waals surface area contributed by atoms with Gasteiger partial charge in [-0.3, -0.25) is 4.68 Å². The molecular weight excluding hydrogens is 206 g/mol. The van der Waals surface area contributed by atoms with Crippen LogP contribution in [0, 0.1) is 0 Å². The van der Waals surface area contributed by atoms with Crippen LogP contribution in [0.1, 0.15) is 31.4 Å². The van der Waals surface area contributed by atoms with Crippen LogP contribution in [0.3, 0.4) is 0 Å².